The Balaban J connectivity index is 1.43. The summed E-state index contributed by atoms with van der Waals surface area (Å²) in [6.45, 7) is 2.64. The summed E-state index contributed by atoms with van der Waals surface area (Å²) in [6.07, 6.45) is 3.25. The fourth-order valence-electron chi connectivity index (χ4n) is 3.52. The number of rotatable bonds is 4. The highest BCUT2D eigenvalue weighted by Crippen LogP contribution is 2.37. The predicted octanol–water partition coefficient (Wildman–Crippen LogP) is 2.53. The Morgan fingerprint density at radius 3 is 2.50 bits per heavy atom. The molecule has 0 aromatic heterocycles. The molecule has 0 bridgehead atoms. The molecule has 0 saturated carbocycles. The molecule has 2 aliphatic rings. The van der Waals surface area contributed by atoms with Gasteiger partial charge in [-0.1, -0.05) is 41.4 Å². The van der Waals surface area contributed by atoms with Crippen molar-refractivity contribution in [1.82, 2.24) is 9.21 Å². The first-order valence-corrected chi connectivity index (χ1v) is 11.9. The van der Waals surface area contributed by atoms with Crippen LogP contribution in [0.5, 0.6) is 5.75 Å². The number of nitrogens with zero attached hydrogens (tertiary/aromatic N) is 2. The first kappa shape index (κ1) is 22.3. The third-order valence-corrected chi connectivity index (χ3v) is 7.69. The van der Waals surface area contributed by atoms with Gasteiger partial charge in [-0.3, -0.25) is 9.59 Å². The van der Waals surface area contributed by atoms with Gasteiger partial charge in [0.05, 0.1) is 10.7 Å². The molecular formula is C22H22ClN3O5S. The smallest absolute Gasteiger partial charge is 0.262 e. The zero-order valence-corrected chi connectivity index (χ0v) is 18.9. The summed E-state index contributed by atoms with van der Waals surface area (Å²) in [7, 11) is -3.90. The number of amides is 2. The van der Waals surface area contributed by atoms with E-state index in [1.54, 1.807) is 11.0 Å². The maximum atomic E-state index is 13.2. The number of anilines is 1. The lowest BCUT2D eigenvalue weighted by molar-refractivity contribution is -0.127. The predicted molar refractivity (Wildman–Crippen MR) is 121 cm³/mol. The Bertz CT molecular complexity index is 1190. The number of hydrogen-bond donors (Lipinski definition) is 1. The molecule has 2 aliphatic heterocycles. The van der Waals surface area contributed by atoms with E-state index in [-0.39, 0.29) is 60.3 Å². The summed E-state index contributed by atoms with van der Waals surface area (Å²) >= 11 is 6.21. The fourth-order valence-corrected chi connectivity index (χ4v) is 5.46. The van der Waals surface area contributed by atoms with Crippen LogP contribution in [0.1, 0.15) is 11.1 Å². The van der Waals surface area contributed by atoms with Gasteiger partial charge < -0.3 is 15.0 Å². The topological polar surface area (TPSA) is 96.0 Å². The summed E-state index contributed by atoms with van der Waals surface area (Å²) in [5.74, 6) is -0.248. The number of carbonyl (C=O) groups excluding carboxylic acids is 2. The van der Waals surface area contributed by atoms with Crippen molar-refractivity contribution in [2.24, 2.45) is 0 Å². The molecule has 2 heterocycles. The number of nitrogens with one attached hydrogen (secondary N) is 1. The van der Waals surface area contributed by atoms with Gasteiger partial charge in [0, 0.05) is 38.3 Å². The lowest BCUT2D eigenvalue weighted by Crippen LogP contribution is -2.50. The van der Waals surface area contributed by atoms with Crippen molar-refractivity contribution in [3.63, 3.8) is 0 Å². The largest absolute Gasteiger partial charge is 0.482 e. The molecule has 0 aliphatic carbocycles. The third kappa shape index (κ3) is 4.64. The normalized spacial score (nSPS) is 17.1. The second-order valence-electron chi connectivity index (χ2n) is 7.59. The van der Waals surface area contributed by atoms with Gasteiger partial charge in [0.1, 0.15) is 10.6 Å². The zero-order valence-electron chi connectivity index (χ0n) is 17.4. The summed E-state index contributed by atoms with van der Waals surface area (Å²) in [6, 6.07) is 10.5. The maximum absolute atomic E-state index is 13.2. The van der Waals surface area contributed by atoms with E-state index in [1.807, 2.05) is 31.2 Å². The summed E-state index contributed by atoms with van der Waals surface area (Å²) in [5.41, 5.74) is 2.40. The lowest BCUT2D eigenvalue weighted by Gasteiger charge is -2.33. The van der Waals surface area contributed by atoms with Crippen LogP contribution in [0.3, 0.4) is 0 Å². The Labute approximate surface area is 191 Å². The quantitative estimate of drug-likeness (QED) is 0.685. The Kier molecular flexibility index (Phi) is 6.23. The summed E-state index contributed by atoms with van der Waals surface area (Å²) in [4.78, 5) is 25.5. The number of fused-ring (bicyclic) bond motifs is 1. The number of piperazine rings is 1. The van der Waals surface area contributed by atoms with E-state index in [4.69, 9.17) is 16.3 Å². The first-order valence-electron chi connectivity index (χ1n) is 10.0. The van der Waals surface area contributed by atoms with Gasteiger partial charge in [0.25, 0.3) is 5.91 Å². The summed E-state index contributed by atoms with van der Waals surface area (Å²) in [5, 5.41) is 2.59. The minimum Gasteiger partial charge on any atom is -0.482 e. The second kappa shape index (κ2) is 8.93. The number of sulfonamides is 1. The van der Waals surface area contributed by atoms with Crippen LogP contribution in [0.15, 0.2) is 47.4 Å². The number of benzene rings is 2. The Morgan fingerprint density at radius 2 is 1.81 bits per heavy atom. The number of carbonyl (C=O) groups is 2. The lowest BCUT2D eigenvalue weighted by atomic mass is 10.1. The molecule has 1 fully saturated rings. The molecular weight excluding hydrogens is 454 g/mol. The molecule has 4 rings (SSSR count). The van der Waals surface area contributed by atoms with Crippen molar-refractivity contribution in [2.75, 3.05) is 38.1 Å². The van der Waals surface area contributed by atoms with Crippen molar-refractivity contribution in [3.05, 3.63) is 58.6 Å². The molecule has 10 heteroatoms. The van der Waals surface area contributed by atoms with Crippen molar-refractivity contribution in [3.8, 4) is 5.75 Å². The van der Waals surface area contributed by atoms with Crippen LogP contribution >= 0.6 is 11.6 Å². The van der Waals surface area contributed by atoms with Crippen LogP contribution in [0.4, 0.5) is 5.69 Å². The van der Waals surface area contributed by atoms with E-state index in [0.717, 1.165) is 11.1 Å². The van der Waals surface area contributed by atoms with Crippen molar-refractivity contribution in [1.29, 1.82) is 0 Å². The molecule has 168 valence electrons. The maximum Gasteiger partial charge on any atom is 0.262 e. The number of halogens is 1. The Hall–Kier alpha value is -2.88. The minimum atomic E-state index is -3.90. The molecule has 2 aromatic rings. The van der Waals surface area contributed by atoms with E-state index in [1.165, 1.54) is 22.5 Å². The first-order chi connectivity index (χ1) is 15.2. The van der Waals surface area contributed by atoms with E-state index in [2.05, 4.69) is 5.32 Å². The van der Waals surface area contributed by atoms with E-state index >= 15 is 0 Å². The average Bonchev–Trinajstić information content (AvgIpc) is 2.78. The van der Waals surface area contributed by atoms with Crippen LogP contribution in [-0.2, 0) is 19.6 Å². The molecule has 2 aromatic carbocycles. The molecule has 0 radical (unpaired) electrons. The van der Waals surface area contributed by atoms with E-state index in [0.29, 0.717) is 5.69 Å². The molecule has 0 unspecified atom stereocenters. The molecule has 1 saturated heterocycles. The van der Waals surface area contributed by atoms with Crippen LogP contribution in [0.25, 0.3) is 6.08 Å². The number of aryl methyl sites for hydroxylation is 1. The third-order valence-electron chi connectivity index (χ3n) is 5.33. The van der Waals surface area contributed by atoms with Gasteiger partial charge in [-0.15, -0.1) is 0 Å². The molecule has 0 spiro atoms. The molecule has 2 amide bonds. The monoisotopic (exact) mass is 475 g/mol. The SMILES string of the molecule is Cc1ccc(/C=C/C(=O)N2CCN(S(=O)(=O)c3cc4c(cc3Cl)NC(=O)CO4)CC2)cc1. The minimum absolute atomic E-state index is 0.00547. The van der Waals surface area contributed by atoms with Gasteiger partial charge >= 0.3 is 0 Å². The highest BCUT2D eigenvalue weighted by atomic mass is 35.5. The number of ether oxygens (including phenoxy) is 1. The Morgan fingerprint density at radius 1 is 1.12 bits per heavy atom. The van der Waals surface area contributed by atoms with Gasteiger partial charge in [0.15, 0.2) is 6.61 Å². The molecule has 1 N–H and O–H groups in total. The number of hydrogen-bond acceptors (Lipinski definition) is 5. The van der Waals surface area contributed by atoms with Crippen molar-refractivity contribution < 1.29 is 22.7 Å². The van der Waals surface area contributed by atoms with Gasteiger partial charge in [-0.25, -0.2) is 8.42 Å². The molecule has 0 atom stereocenters. The molecule has 32 heavy (non-hydrogen) atoms. The fraction of sp³-hybridized carbons (Fsp3) is 0.273. The van der Waals surface area contributed by atoms with E-state index < -0.39 is 10.0 Å². The van der Waals surface area contributed by atoms with Crippen molar-refractivity contribution in [2.45, 2.75) is 11.8 Å². The van der Waals surface area contributed by atoms with Crippen LogP contribution in [-0.4, -0.2) is 62.2 Å². The van der Waals surface area contributed by atoms with Crippen LogP contribution < -0.4 is 10.1 Å². The standard InChI is InChI=1S/C22H22ClN3O5S/c1-15-2-4-16(5-3-15)6-7-22(28)25-8-10-26(11-9-25)32(29,30)20-13-19-18(12-17(20)23)24-21(27)14-31-19/h2-7,12-13H,8-11,14H2,1H3,(H,24,27)/b7-6+. The van der Waals surface area contributed by atoms with Gasteiger partial charge in [-0.05, 0) is 24.6 Å². The zero-order chi connectivity index (χ0) is 22.9. The van der Waals surface area contributed by atoms with Crippen molar-refractivity contribution >= 4 is 45.2 Å². The van der Waals surface area contributed by atoms with Crippen LogP contribution in [0, 0.1) is 6.92 Å². The average molecular weight is 476 g/mol. The molecule has 8 nitrogen and oxygen atoms in total. The highest BCUT2D eigenvalue weighted by Gasteiger charge is 2.32. The second-order valence-corrected chi connectivity index (χ2v) is 9.90. The summed E-state index contributed by atoms with van der Waals surface area (Å²) < 4.78 is 32.9. The highest BCUT2D eigenvalue weighted by molar-refractivity contribution is 7.89. The van der Waals surface area contributed by atoms with E-state index in [9.17, 15) is 18.0 Å². The van der Waals surface area contributed by atoms with Gasteiger partial charge in [-0.2, -0.15) is 4.31 Å². The van der Waals surface area contributed by atoms with Crippen LogP contribution in [0.2, 0.25) is 5.02 Å². The van der Waals surface area contributed by atoms with Gasteiger partial charge in [0.2, 0.25) is 15.9 Å².